The zero-order chi connectivity index (χ0) is 8.97. The lowest BCUT2D eigenvalue weighted by Gasteiger charge is -1.96. The fourth-order valence-electron chi connectivity index (χ4n) is 0.986. The van der Waals surface area contributed by atoms with Crippen molar-refractivity contribution in [3.63, 3.8) is 0 Å². The van der Waals surface area contributed by atoms with Crippen LogP contribution in [0.3, 0.4) is 0 Å². The van der Waals surface area contributed by atoms with Gasteiger partial charge in [0, 0.05) is 12.1 Å². The Kier molecular flexibility index (Phi) is 2.74. The number of rotatable bonds is 3. The van der Waals surface area contributed by atoms with Gasteiger partial charge in [0.05, 0.1) is 0 Å². The summed E-state index contributed by atoms with van der Waals surface area (Å²) >= 11 is 0. The maximum atomic E-state index is 11.9. The highest BCUT2D eigenvalue weighted by molar-refractivity contribution is 5.89. The van der Waals surface area contributed by atoms with E-state index in [0.717, 1.165) is 0 Å². The van der Waals surface area contributed by atoms with Crippen molar-refractivity contribution in [1.82, 2.24) is 0 Å². The van der Waals surface area contributed by atoms with Crippen molar-refractivity contribution >= 4 is 5.91 Å². The molecule has 0 saturated carbocycles. The van der Waals surface area contributed by atoms with Gasteiger partial charge in [-0.05, 0) is 6.07 Å². The Labute approximate surface area is 69.6 Å². The first-order chi connectivity index (χ1) is 5.75. The molecule has 12 heavy (non-hydrogen) atoms. The number of amides is 1. The number of alkyl halides is 1. The Morgan fingerprint density at radius 1 is 1.58 bits per heavy atom. The molecule has 1 rings (SSSR count). The number of hydrogen-bond donors (Lipinski definition) is 1. The minimum Gasteiger partial charge on any atom is -0.360 e. The van der Waals surface area contributed by atoms with Crippen LogP contribution >= 0.6 is 0 Å². The molecule has 0 aromatic carbocycles. The van der Waals surface area contributed by atoms with Gasteiger partial charge < -0.3 is 5.73 Å². The summed E-state index contributed by atoms with van der Waals surface area (Å²) in [7, 11) is 0. The molecule has 64 valence electrons. The Bertz CT molecular complexity index is 288. The number of hydrogen-bond acceptors (Lipinski definition) is 1. The van der Waals surface area contributed by atoms with E-state index in [1.165, 1.54) is 4.57 Å². The van der Waals surface area contributed by atoms with E-state index in [9.17, 15) is 9.18 Å². The summed E-state index contributed by atoms with van der Waals surface area (Å²) in [6.45, 7) is -0.339. The van der Waals surface area contributed by atoms with Crippen LogP contribution in [0.15, 0.2) is 24.4 Å². The number of nitrogens with two attached hydrogens (primary N) is 1. The summed E-state index contributed by atoms with van der Waals surface area (Å²) in [5, 5.41) is 0. The van der Waals surface area contributed by atoms with Crippen LogP contribution < -0.4 is 10.3 Å². The SMILES string of the molecule is NC(=O)c1cccc[n+]1CCF. The zero-order valence-corrected chi connectivity index (χ0v) is 6.53. The maximum Gasteiger partial charge on any atom is 0.313 e. The Morgan fingerprint density at radius 2 is 2.33 bits per heavy atom. The van der Waals surface area contributed by atoms with E-state index in [0.29, 0.717) is 5.69 Å². The van der Waals surface area contributed by atoms with Crippen LogP contribution in [0.1, 0.15) is 10.5 Å². The highest BCUT2D eigenvalue weighted by Gasteiger charge is 2.13. The monoisotopic (exact) mass is 169 g/mol. The van der Waals surface area contributed by atoms with Crippen LogP contribution in [0.4, 0.5) is 4.39 Å². The molecule has 1 aromatic rings. The average Bonchev–Trinajstić information content (AvgIpc) is 2.05. The van der Waals surface area contributed by atoms with Gasteiger partial charge >= 0.3 is 5.91 Å². The highest BCUT2D eigenvalue weighted by atomic mass is 19.1. The molecule has 1 heterocycles. The van der Waals surface area contributed by atoms with Crippen molar-refractivity contribution < 1.29 is 13.8 Å². The first kappa shape index (κ1) is 8.64. The van der Waals surface area contributed by atoms with Gasteiger partial charge in [0.15, 0.2) is 12.7 Å². The second-order valence-electron chi connectivity index (χ2n) is 2.33. The lowest BCUT2D eigenvalue weighted by atomic mass is 10.3. The van der Waals surface area contributed by atoms with Crippen LogP contribution in [0.2, 0.25) is 0 Å². The summed E-state index contributed by atoms with van der Waals surface area (Å²) in [4.78, 5) is 10.8. The molecule has 0 bridgehead atoms. The third-order valence-corrected chi connectivity index (χ3v) is 1.52. The van der Waals surface area contributed by atoms with E-state index in [1.54, 1.807) is 24.4 Å². The van der Waals surface area contributed by atoms with Crippen molar-refractivity contribution in [3.8, 4) is 0 Å². The first-order valence-corrected chi connectivity index (χ1v) is 3.60. The molecule has 0 aliphatic carbocycles. The molecular weight excluding hydrogens is 159 g/mol. The number of pyridine rings is 1. The molecule has 0 saturated heterocycles. The molecule has 0 atom stereocenters. The first-order valence-electron chi connectivity index (χ1n) is 3.60. The molecular formula is C8H10FN2O+. The molecule has 4 heteroatoms. The second-order valence-corrected chi connectivity index (χ2v) is 2.33. The van der Waals surface area contributed by atoms with Gasteiger partial charge in [-0.15, -0.1) is 0 Å². The smallest absolute Gasteiger partial charge is 0.313 e. The van der Waals surface area contributed by atoms with Crippen LogP contribution in [0.25, 0.3) is 0 Å². The highest BCUT2D eigenvalue weighted by Crippen LogP contribution is 1.89. The minimum atomic E-state index is -0.538. The summed E-state index contributed by atoms with van der Waals surface area (Å²) in [6.07, 6.45) is 1.62. The fourth-order valence-corrected chi connectivity index (χ4v) is 0.986. The van der Waals surface area contributed by atoms with Gasteiger partial charge in [-0.2, -0.15) is 4.57 Å². The van der Waals surface area contributed by atoms with Crippen molar-refractivity contribution in [2.24, 2.45) is 5.73 Å². The Balaban J connectivity index is 3.00. The van der Waals surface area contributed by atoms with E-state index in [4.69, 9.17) is 5.73 Å². The molecule has 0 fully saturated rings. The molecule has 3 nitrogen and oxygen atoms in total. The molecule has 0 aliphatic rings. The number of nitrogens with zero attached hydrogens (tertiary/aromatic N) is 1. The molecule has 0 aliphatic heterocycles. The Hall–Kier alpha value is -1.45. The zero-order valence-electron chi connectivity index (χ0n) is 6.53. The van der Waals surface area contributed by atoms with E-state index in [2.05, 4.69) is 0 Å². The van der Waals surface area contributed by atoms with Crippen LogP contribution in [0.5, 0.6) is 0 Å². The predicted octanol–water partition coefficient (Wildman–Crippen LogP) is 0.0425. The number of halogens is 1. The molecule has 0 unspecified atom stereocenters. The molecule has 0 radical (unpaired) electrons. The number of primary amides is 1. The van der Waals surface area contributed by atoms with Crippen LogP contribution in [-0.4, -0.2) is 12.6 Å². The summed E-state index contributed by atoms with van der Waals surface area (Å²) in [5.74, 6) is -0.538. The van der Waals surface area contributed by atoms with Gasteiger partial charge in [-0.25, -0.2) is 4.39 Å². The predicted molar refractivity (Wildman–Crippen MR) is 41.1 cm³/mol. The van der Waals surface area contributed by atoms with Crippen molar-refractivity contribution in [2.75, 3.05) is 6.67 Å². The molecule has 0 spiro atoms. The summed E-state index contributed by atoms with van der Waals surface area (Å²) < 4.78 is 13.4. The lowest BCUT2D eigenvalue weighted by Crippen LogP contribution is -2.42. The van der Waals surface area contributed by atoms with Crippen LogP contribution in [0, 0.1) is 0 Å². The van der Waals surface area contributed by atoms with Crippen molar-refractivity contribution in [2.45, 2.75) is 6.54 Å². The third-order valence-electron chi connectivity index (χ3n) is 1.52. The van der Waals surface area contributed by atoms with Gasteiger partial charge in [-0.1, -0.05) is 0 Å². The Morgan fingerprint density at radius 3 is 2.92 bits per heavy atom. The van der Waals surface area contributed by atoms with Crippen molar-refractivity contribution in [3.05, 3.63) is 30.1 Å². The standard InChI is InChI=1S/C8H9FN2O/c9-4-6-11-5-2-1-3-7(11)8(10)12/h1-3,5H,4,6H2,(H-,10,12)/p+1. The number of aromatic nitrogens is 1. The van der Waals surface area contributed by atoms with E-state index >= 15 is 0 Å². The van der Waals surface area contributed by atoms with E-state index < -0.39 is 12.6 Å². The molecule has 2 N–H and O–H groups in total. The quantitative estimate of drug-likeness (QED) is 0.638. The second kappa shape index (κ2) is 3.80. The normalized spacial score (nSPS) is 9.75. The average molecular weight is 169 g/mol. The third kappa shape index (κ3) is 1.78. The largest absolute Gasteiger partial charge is 0.360 e. The number of carbonyl (C=O) groups excluding carboxylic acids is 1. The van der Waals surface area contributed by atoms with Crippen molar-refractivity contribution in [1.29, 1.82) is 0 Å². The topological polar surface area (TPSA) is 47.0 Å². The number of aryl methyl sites for hydroxylation is 1. The summed E-state index contributed by atoms with van der Waals surface area (Å²) in [5.41, 5.74) is 5.39. The van der Waals surface area contributed by atoms with Crippen LogP contribution in [-0.2, 0) is 6.54 Å². The van der Waals surface area contributed by atoms with Gasteiger partial charge in [0.2, 0.25) is 0 Å². The van der Waals surface area contributed by atoms with Gasteiger partial charge in [0.25, 0.3) is 5.69 Å². The lowest BCUT2D eigenvalue weighted by molar-refractivity contribution is -0.698. The maximum absolute atomic E-state index is 11.9. The molecule has 1 aromatic heterocycles. The summed E-state index contributed by atoms with van der Waals surface area (Å²) in [6, 6.07) is 4.98. The minimum absolute atomic E-state index is 0.166. The molecule has 1 amide bonds. The number of carbonyl (C=O) groups is 1. The van der Waals surface area contributed by atoms with Gasteiger partial charge in [-0.3, -0.25) is 4.79 Å². The van der Waals surface area contributed by atoms with Gasteiger partial charge in [0.1, 0.15) is 6.67 Å². The fraction of sp³-hybridized carbons (Fsp3) is 0.250. The van der Waals surface area contributed by atoms with E-state index in [1.807, 2.05) is 0 Å². The van der Waals surface area contributed by atoms with E-state index in [-0.39, 0.29) is 6.54 Å².